The first kappa shape index (κ1) is 21.9. The van der Waals surface area contributed by atoms with Crippen LogP contribution in [0.4, 0.5) is 5.69 Å². The number of ether oxygens (including phenoxy) is 2. The van der Waals surface area contributed by atoms with Gasteiger partial charge in [0.1, 0.15) is 6.10 Å². The van der Waals surface area contributed by atoms with Crippen LogP contribution >= 0.6 is 0 Å². The van der Waals surface area contributed by atoms with Crippen molar-refractivity contribution in [2.45, 2.75) is 18.6 Å². The molecule has 0 aliphatic carbocycles. The van der Waals surface area contributed by atoms with E-state index in [0.717, 1.165) is 35.3 Å². The van der Waals surface area contributed by atoms with Crippen LogP contribution in [0.3, 0.4) is 0 Å². The standard InChI is InChI=1S/C26H28N6O2/c1-32-17-21(15-31-32)20-12-22-26(30-14-20)34-23(16-28-22)25(19-6-4-3-5-7-19)27-11-10-18-8-9-24(33-2)29-13-18/h3-9,12-15,17,23,25,27-28H,10-11,16H2,1-2H3/t23-,25+/m0/s1. The molecule has 0 unspecified atom stereocenters. The second-order valence-electron chi connectivity index (χ2n) is 8.32. The van der Waals surface area contributed by atoms with E-state index < -0.39 is 0 Å². The summed E-state index contributed by atoms with van der Waals surface area (Å²) in [6.45, 7) is 1.45. The van der Waals surface area contributed by atoms with E-state index >= 15 is 0 Å². The third-order valence-corrected chi connectivity index (χ3v) is 5.96. The van der Waals surface area contributed by atoms with Crippen LogP contribution in [0.1, 0.15) is 17.2 Å². The summed E-state index contributed by atoms with van der Waals surface area (Å²) in [5.41, 5.74) is 5.26. The maximum atomic E-state index is 6.39. The maximum Gasteiger partial charge on any atom is 0.237 e. The van der Waals surface area contributed by atoms with Crippen molar-refractivity contribution in [1.29, 1.82) is 0 Å². The number of methoxy groups -OCH3 is 1. The minimum Gasteiger partial charge on any atom is -0.481 e. The van der Waals surface area contributed by atoms with E-state index in [0.29, 0.717) is 18.3 Å². The van der Waals surface area contributed by atoms with Crippen molar-refractivity contribution in [3.63, 3.8) is 0 Å². The fraction of sp³-hybridized carbons (Fsp3) is 0.269. The topological polar surface area (TPSA) is 86.1 Å². The van der Waals surface area contributed by atoms with Crippen molar-refractivity contribution in [3.8, 4) is 22.9 Å². The molecule has 34 heavy (non-hydrogen) atoms. The zero-order valence-electron chi connectivity index (χ0n) is 19.3. The fourth-order valence-corrected chi connectivity index (χ4v) is 4.16. The summed E-state index contributed by atoms with van der Waals surface area (Å²) in [5.74, 6) is 1.24. The lowest BCUT2D eigenvalue weighted by atomic mass is 9.99. The molecule has 1 aliphatic rings. The number of nitrogens with one attached hydrogen (secondary N) is 2. The molecule has 0 fully saturated rings. The summed E-state index contributed by atoms with van der Waals surface area (Å²) in [4.78, 5) is 8.91. The number of nitrogens with zero attached hydrogens (tertiary/aromatic N) is 4. The lowest BCUT2D eigenvalue weighted by molar-refractivity contribution is 0.150. The van der Waals surface area contributed by atoms with Crippen LogP contribution in [0.2, 0.25) is 0 Å². The van der Waals surface area contributed by atoms with Gasteiger partial charge in [-0.1, -0.05) is 36.4 Å². The van der Waals surface area contributed by atoms with Crippen LogP contribution in [0.5, 0.6) is 11.8 Å². The van der Waals surface area contributed by atoms with E-state index in [1.807, 2.05) is 50.0 Å². The van der Waals surface area contributed by atoms with Gasteiger partial charge in [-0.3, -0.25) is 4.68 Å². The van der Waals surface area contributed by atoms with E-state index in [4.69, 9.17) is 9.47 Å². The smallest absolute Gasteiger partial charge is 0.237 e. The molecule has 1 aliphatic heterocycles. The third kappa shape index (κ3) is 4.87. The van der Waals surface area contributed by atoms with Crippen molar-refractivity contribution >= 4 is 5.69 Å². The molecule has 3 aromatic heterocycles. The van der Waals surface area contributed by atoms with Crippen molar-refractivity contribution in [2.75, 3.05) is 25.5 Å². The SMILES string of the molecule is COc1ccc(CCN[C@H](c2ccccc2)[C@@H]2CNc3cc(-c4cnn(C)c4)cnc3O2)cn1. The monoisotopic (exact) mass is 456 g/mol. The van der Waals surface area contributed by atoms with Crippen LogP contribution in [-0.4, -0.2) is 46.1 Å². The first-order valence-corrected chi connectivity index (χ1v) is 11.4. The summed E-state index contributed by atoms with van der Waals surface area (Å²) >= 11 is 0. The number of anilines is 1. The Morgan fingerprint density at radius 3 is 2.74 bits per heavy atom. The minimum atomic E-state index is -0.111. The number of benzene rings is 1. The molecule has 8 heteroatoms. The number of hydrogen-bond donors (Lipinski definition) is 2. The first-order valence-electron chi connectivity index (χ1n) is 11.4. The number of pyridine rings is 2. The molecule has 4 heterocycles. The van der Waals surface area contributed by atoms with Gasteiger partial charge < -0.3 is 20.1 Å². The molecule has 4 aromatic rings. The number of hydrogen-bond acceptors (Lipinski definition) is 7. The average molecular weight is 457 g/mol. The predicted octanol–water partition coefficient (Wildman–Crippen LogP) is 3.63. The fourth-order valence-electron chi connectivity index (χ4n) is 4.16. The highest BCUT2D eigenvalue weighted by Gasteiger charge is 2.29. The second kappa shape index (κ2) is 9.93. The molecule has 2 N–H and O–H groups in total. The van der Waals surface area contributed by atoms with Crippen LogP contribution in [0, 0.1) is 0 Å². The Morgan fingerprint density at radius 1 is 1.12 bits per heavy atom. The Kier molecular flexibility index (Phi) is 6.40. The zero-order valence-corrected chi connectivity index (χ0v) is 19.3. The quantitative estimate of drug-likeness (QED) is 0.419. The Balaban J connectivity index is 1.30. The van der Waals surface area contributed by atoms with Gasteiger partial charge in [0.2, 0.25) is 11.8 Å². The van der Waals surface area contributed by atoms with Gasteiger partial charge in [-0.2, -0.15) is 5.10 Å². The molecule has 1 aromatic carbocycles. The second-order valence-corrected chi connectivity index (χ2v) is 8.32. The van der Waals surface area contributed by atoms with Gasteiger partial charge >= 0.3 is 0 Å². The third-order valence-electron chi connectivity index (χ3n) is 5.96. The zero-order chi connectivity index (χ0) is 23.3. The van der Waals surface area contributed by atoms with E-state index in [1.165, 1.54) is 5.56 Å². The summed E-state index contributed by atoms with van der Waals surface area (Å²) in [6.07, 6.45) is 8.25. The lowest BCUT2D eigenvalue weighted by Crippen LogP contribution is -2.43. The lowest BCUT2D eigenvalue weighted by Gasteiger charge is -2.33. The molecular formula is C26H28N6O2. The van der Waals surface area contributed by atoms with Crippen LogP contribution in [0.25, 0.3) is 11.1 Å². The van der Waals surface area contributed by atoms with E-state index in [1.54, 1.807) is 11.8 Å². The largest absolute Gasteiger partial charge is 0.481 e. The van der Waals surface area contributed by atoms with E-state index in [2.05, 4.69) is 56.0 Å². The first-order chi connectivity index (χ1) is 16.7. The van der Waals surface area contributed by atoms with E-state index in [-0.39, 0.29) is 12.1 Å². The molecule has 2 atom stereocenters. The number of aromatic nitrogens is 4. The normalized spacial score (nSPS) is 15.6. The molecule has 0 spiro atoms. The highest BCUT2D eigenvalue weighted by atomic mass is 16.5. The molecular weight excluding hydrogens is 428 g/mol. The van der Waals surface area contributed by atoms with Crippen molar-refractivity contribution in [1.82, 2.24) is 25.1 Å². The van der Waals surface area contributed by atoms with Gasteiger partial charge in [0.15, 0.2) is 0 Å². The molecule has 5 rings (SSSR count). The van der Waals surface area contributed by atoms with Crippen molar-refractivity contribution in [2.24, 2.45) is 7.05 Å². The van der Waals surface area contributed by atoms with Gasteiger partial charge in [-0.15, -0.1) is 0 Å². The van der Waals surface area contributed by atoms with Gasteiger partial charge in [0.05, 0.1) is 31.6 Å². The highest BCUT2D eigenvalue weighted by molar-refractivity contribution is 5.69. The minimum absolute atomic E-state index is 0.00728. The number of fused-ring (bicyclic) bond motifs is 1. The molecule has 0 amide bonds. The van der Waals surface area contributed by atoms with Crippen LogP contribution in [0.15, 0.2) is 73.3 Å². The summed E-state index contributed by atoms with van der Waals surface area (Å²) in [6, 6.07) is 16.4. The highest BCUT2D eigenvalue weighted by Crippen LogP contribution is 2.34. The number of aryl methyl sites for hydroxylation is 1. The van der Waals surface area contributed by atoms with Crippen LogP contribution < -0.4 is 20.1 Å². The number of rotatable bonds is 8. The molecule has 0 radical (unpaired) electrons. The summed E-state index contributed by atoms with van der Waals surface area (Å²) in [7, 11) is 3.53. The van der Waals surface area contributed by atoms with Gasteiger partial charge in [-0.05, 0) is 30.2 Å². The average Bonchev–Trinajstić information content (AvgIpc) is 3.33. The Bertz CT molecular complexity index is 1230. The van der Waals surface area contributed by atoms with Crippen LogP contribution in [-0.2, 0) is 13.5 Å². The van der Waals surface area contributed by atoms with E-state index in [9.17, 15) is 0 Å². The summed E-state index contributed by atoms with van der Waals surface area (Å²) in [5, 5.41) is 11.5. The molecule has 0 saturated heterocycles. The summed E-state index contributed by atoms with van der Waals surface area (Å²) < 4.78 is 13.3. The molecule has 0 bridgehead atoms. The predicted molar refractivity (Wildman–Crippen MR) is 131 cm³/mol. The Hall–Kier alpha value is -3.91. The van der Waals surface area contributed by atoms with Crippen molar-refractivity contribution < 1.29 is 9.47 Å². The maximum absolute atomic E-state index is 6.39. The van der Waals surface area contributed by atoms with Gasteiger partial charge in [0, 0.05) is 42.8 Å². The molecule has 0 saturated carbocycles. The Morgan fingerprint density at radius 2 is 2.00 bits per heavy atom. The van der Waals surface area contributed by atoms with Gasteiger partial charge in [0.25, 0.3) is 0 Å². The molecule has 174 valence electrons. The molecule has 8 nitrogen and oxygen atoms in total. The van der Waals surface area contributed by atoms with Gasteiger partial charge in [-0.25, -0.2) is 9.97 Å². The van der Waals surface area contributed by atoms with Crippen molar-refractivity contribution in [3.05, 3.63) is 84.4 Å². The Labute approximate surface area is 199 Å².